The molecule has 1 amide bonds. The summed E-state index contributed by atoms with van der Waals surface area (Å²) >= 11 is 3.49. The van der Waals surface area contributed by atoms with Crippen molar-refractivity contribution >= 4 is 39.1 Å². The number of fused-ring (bicyclic) bond motifs is 1. The highest BCUT2D eigenvalue weighted by Crippen LogP contribution is 2.28. The summed E-state index contributed by atoms with van der Waals surface area (Å²) < 4.78 is 6.36. The van der Waals surface area contributed by atoms with Crippen molar-refractivity contribution in [3.63, 3.8) is 0 Å². The van der Waals surface area contributed by atoms with E-state index in [1.807, 2.05) is 81.7 Å². The highest BCUT2D eigenvalue weighted by molar-refractivity contribution is 9.10. The molecule has 6 heteroatoms. The first kappa shape index (κ1) is 20.1. The maximum absolute atomic E-state index is 12.1. The Bertz CT molecular complexity index is 974. The van der Waals surface area contributed by atoms with Gasteiger partial charge in [-0.3, -0.25) is 4.99 Å². The minimum atomic E-state index is -0.542. The molecule has 0 aliphatic carbocycles. The number of alkyl carbamates (subject to hydrolysis) is 1. The van der Waals surface area contributed by atoms with Crippen molar-refractivity contribution in [2.45, 2.75) is 32.4 Å². The van der Waals surface area contributed by atoms with Crippen molar-refractivity contribution in [3.05, 3.63) is 70.3 Å². The van der Waals surface area contributed by atoms with Crippen LogP contribution in [0.15, 0.2) is 64.2 Å². The van der Waals surface area contributed by atoms with Gasteiger partial charge in [0.15, 0.2) is 0 Å². The van der Waals surface area contributed by atoms with Crippen LogP contribution < -0.4 is 5.32 Å². The molecule has 0 saturated heterocycles. The summed E-state index contributed by atoms with van der Waals surface area (Å²) in [5.41, 5.74) is 2.50. The summed E-state index contributed by atoms with van der Waals surface area (Å²) in [6.45, 7) is 5.86. The van der Waals surface area contributed by atoms with E-state index in [1.54, 1.807) is 0 Å². The van der Waals surface area contributed by atoms with Crippen LogP contribution in [0.4, 0.5) is 4.79 Å². The maximum Gasteiger partial charge on any atom is 0.407 e. The van der Waals surface area contributed by atoms with Crippen LogP contribution in [0.1, 0.15) is 37.9 Å². The number of H-pyrrole nitrogens is 1. The van der Waals surface area contributed by atoms with Crippen LogP contribution >= 0.6 is 15.9 Å². The van der Waals surface area contributed by atoms with Gasteiger partial charge in [0, 0.05) is 39.9 Å². The number of amides is 1. The van der Waals surface area contributed by atoms with Crippen molar-refractivity contribution < 1.29 is 9.53 Å². The van der Waals surface area contributed by atoms with E-state index >= 15 is 0 Å². The van der Waals surface area contributed by atoms with Gasteiger partial charge in [-0.2, -0.15) is 0 Å². The van der Waals surface area contributed by atoms with E-state index < -0.39 is 11.7 Å². The van der Waals surface area contributed by atoms with E-state index in [1.165, 1.54) is 0 Å². The van der Waals surface area contributed by atoms with Gasteiger partial charge in [-0.15, -0.1) is 0 Å². The molecule has 0 aliphatic heterocycles. The molecular formula is C22H24BrN3O2. The van der Waals surface area contributed by atoms with Gasteiger partial charge in [-0.25, -0.2) is 4.79 Å². The molecule has 0 bridgehead atoms. The number of halogens is 1. The zero-order chi connectivity index (χ0) is 20.1. The molecule has 0 spiro atoms. The number of rotatable bonds is 5. The summed E-state index contributed by atoms with van der Waals surface area (Å²) in [4.78, 5) is 20.2. The number of benzene rings is 2. The third-order valence-corrected chi connectivity index (χ3v) is 4.57. The van der Waals surface area contributed by atoms with Gasteiger partial charge in [0.2, 0.25) is 0 Å². The number of aliphatic imine (C=N–C) groups is 1. The number of hydrogen-bond donors (Lipinski definition) is 2. The summed E-state index contributed by atoms with van der Waals surface area (Å²) in [5.74, 6) is 0. The van der Waals surface area contributed by atoms with Crippen LogP contribution in [0.5, 0.6) is 0 Å². The Morgan fingerprint density at radius 2 is 2.00 bits per heavy atom. The quantitative estimate of drug-likeness (QED) is 0.504. The number of hydrogen-bond acceptors (Lipinski definition) is 3. The van der Waals surface area contributed by atoms with E-state index in [4.69, 9.17) is 9.73 Å². The summed E-state index contributed by atoms with van der Waals surface area (Å²) in [7, 11) is 0. The maximum atomic E-state index is 12.1. The average Bonchev–Trinajstić information content (AvgIpc) is 3.04. The van der Waals surface area contributed by atoms with E-state index in [0.29, 0.717) is 6.54 Å². The summed E-state index contributed by atoms with van der Waals surface area (Å²) in [5, 5.41) is 3.92. The number of carbonyl (C=O) groups is 1. The fourth-order valence-electron chi connectivity index (χ4n) is 2.85. The molecule has 146 valence electrons. The van der Waals surface area contributed by atoms with Gasteiger partial charge >= 0.3 is 6.09 Å². The molecule has 2 N–H and O–H groups in total. The molecule has 0 aliphatic rings. The molecule has 28 heavy (non-hydrogen) atoms. The van der Waals surface area contributed by atoms with Crippen molar-refractivity contribution in [3.8, 4) is 0 Å². The fourth-order valence-corrected chi connectivity index (χ4v) is 3.21. The third-order valence-electron chi connectivity index (χ3n) is 4.08. The minimum absolute atomic E-state index is 0.248. The monoisotopic (exact) mass is 441 g/mol. The predicted molar refractivity (Wildman–Crippen MR) is 117 cm³/mol. The van der Waals surface area contributed by atoms with Crippen LogP contribution in [-0.2, 0) is 4.74 Å². The molecule has 1 unspecified atom stereocenters. The molecule has 1 aromatic heterocycles. The number of nitrogens with one attached hydrogen (secondary N) is 2. The van der Waals surface area contributed by atoms with Gasteiger partial charge < -0.3 is 15.0 Å². The van der Waals surface area contributed by atoms with E-state index in [0.717, 1.165) is 26.5 Å². The molecule has 1 atom stereocenters. The molecule has 3 aromatic rings. The molecule has 0 fully saturated rings. The molecular weight excluding hydrogens is 418 g/mol. The summed E-state index contributed by atoms with van der Waals surface area (Å²) in [6, 6.07) is 15.7. The zero-order valence-electron chi connectivity index (χ0n) is 16.2. The Kier molecular flexibility index (Phi) is 6.19. The molecule has 1 heterocycles. The van der Waals surface area contributed by atoms with Gasteiger partial charge in [0.1, 0.15) is 5.60 Å². The van der Waals surface area contributed by atoms with Gasteiger partial charge in [0.25, 0.3) is 0 Å². The second kappa shape index (κ2) is 8.61. The van der Waals surface area contributed by atoms with E-state index in [2.05, 4.69) is 26.2 Å². The molecule has 5 nitrogen and oxygen atoms in total. The Morgan fingerprint density at radius 1 is 1.25 bits per heavy atom. The number of nitrogens with zero attached hydrogens (tertiary/aromatic N) is 1. The second-order valence-electron chi connectivity index (χ2n) is 7.52. The molecule has 0 radical (unpaired) electrons. The van der Waals surface area contributed by atoms with Crippen molar-refractivity contribution in [1.82, 2.24) is 10.3 Å². The fraction of sp³-hybridized carbons (Fsp3) is 0.273. The van der Waals surface area contributed by atoms with Crippen LogP contribution in [-0.4, -0.2) is 29.4 Å². The number of carbonyl (C=O) groups excluding carboxylic acids is 1. The molecule has 2 aromatic carbocycles. The van der Waals surface area contributed by atoms with Gasteiger partial charge in [0.05, 0.1) is 6.04 Å². The smallest absolute Gasteiger partial charge is 0.407 e. The van der Waals surface area contributed by atoms with Gasteiger partial charge in [-0.1, -0.05) is 52.3 Å². The van der Waals surface area contributed by atoms with Crippen LogP contribution in [0.3, 0.4) is 0 Å². The standard InChI is InChI=1S/C22H24BrN3O2/c1-22(2,3)28-21(27)26-14-20(24-12-15-7-5-4-6-8-15)18-13-25-19-11-16(23)9-10-17(18)19/h4-13,20,25H,14H2,1-3H3,(H,26,27). The lowest BCUT2D eigenvalue weighted by Gasteiger charge is -2.21. The van der Waals surface area contributed by atoms with Crippen LogP contribution in [0.25, 0.3) is 10.9 Å². The topological polar surface area (TPSA) is 66.5 Å². The third kappa shape index (κ3) is 5.45. The Balaban J connectivity index is 1.85. The number of aromatic nitrogens is 1. The normalized spacial score (nSPS) is 13.0. The number of aromatic amines is 1. The zero-order valence-corrected chi connectivity index (χ0v) is 17.8. The lowest BCUT2D eigenvalue weighted by Crippen LogP contribution is -2.34. The summed E-state index contributed by atoms with van der Waals surface area (Å²) in [6.07, 6.45) is 3.33. The van der Waals surface area contributed by atoms with E-state index in [9.17, 15) is 4.79 Å². The van der Waals surface area contributed by atoms with Crippen molar-refractivity contribution in [1.29, 1.82) is 0 Å². The SMILES string of the molecule is CC(C)(C)OC(=O)NCC(N=Cc1ccccc1)c1c[nH]c2cc(Br)ccc12. The highest BCUT2D eigenvalue weighted by Gasteiger charge is 2.19. The largest absolute Gasteiger partial charge is 0.444 e. The highest BCUT2D eigenvalue weighted by atomic mass is 79.9. The Labute approximate surface area is 173 Å². The van der Waals surface area contributed by atoms with E-state index in [-0.39, 0.29) is 6.04 Å². The molecule has 0 saturated carbocycles. The van der Waals surface area contributed by atoms with Crippen LogP contribution in [0, 0.1) is 0 Å². The lowest BCUT2D eigenvalue weighted by molar-refractivity contribution is 0.0525. The second-order valence-corrected chi connectivity index (χ2v) is 8.44. The minimum Gasteiger partial charge on any atom is -0.444 e. The van der Waals surface area contributed by atoms with Crippen LogP contribution in [0.2, 0.25) is 0 Å². The first-order valence-corrected chi connectivity index (χ1v) is 9.93. The first-order chi connectivity index (χ1) is 13.3. The molecule has 3 rings (SSSR count). The first-order valence-electron chi connectivity index (χ1n) is 9.13. The lowest BCUT2D eigenvalue weighted by atomic mass is 10.1. The average molecular weight is 442 g/mol. The van der Waals surface area contributed by atoms with Crippen molar-refractivity contribution in [2.75, 3.05) is 6.54 Å². The Morgan fingerprint density at radius 3 is 2.71 bits per heavy atom. The Hall–Kier alpha value is -2.60. The van der Waals surface area contributed by atoms with Crippen molar-refractivity contribution in [2.24, 2.45) is 4.99 Å². The number of ether oxygens (including phenoxy) is 1. The predicted octanol–water partition coefficient (Wildman–Crippen LogP) is 5.62. The van der Waals surface area contributed by atoms with Gasteiger partial charge in [-0.05, 0) is 38.5 Å².